The predicted octanol–water partition coefficient (Wildman–Crippen LogP) is 6.43. The summed E-state index contributed by atoms with van der Waals surface area (Å²) in [6.07, 6.45) is 7.04. The first-order valence-electron chi connectivity index (χ1n) is 16.3. The molecule has 0 saturated carbocycles. The number of hydrogen-bond donors (Lipinski definition) is 0. The summed E-state index contributed by atoms with van der Waals surface area (Å²) >= 11 is 0. The fourth-order valence-electron chi connectivity index (χ4n) is 6.35. The van der Waals surface area contributed by atoms with Gasteiger partial charge in [-0.2, -0.15) is 0 Å². The smallest absolute Gasteiger partial charge is 0.234 e. The Morgan fingerprint density at radius 2 is 0.918 bits per heavy atom. The molecule has 4 heterocycles. The lowest BCUT2D eigenvalue weighted by Crippen LogP contribution is -2.39. The van der Waals surface area contributed by atoms with E-state index in [0.717, 1.165) is 44.2 Å². The van der Waals surface area contributed by atoms with E-state index < -0.39 is 0 Å². The van der Waals surface area contributed by atoms with Gasteiger partial charge < -0.3 is 9.47 Å². The molecule has 4 aromatic heterocycles. The van der Waals surface area contributed by atoms with Crippen molar-refractivity contribution in [1.82, 2.24) is 24.5 Å². The van der Waals surface area contributed by atoms with Gasteiger partial charge in [-0.15, -0.1) is 0 Å². The first-order valence-corrected chi connectivity index (χ1v) is 16.3. The van der Waals surface area contributed by atoms with E-state index in [-0.39, 0.29) is 13.4 Å². The Kier molecular flexibility index (Phi) is 8.07. The van der Waals surface area contributed by atoms with E-state index in [9.17, 15) is 0 Å². The van der Waals surface area contributed by atoms with E-state index in [1.54, 1.807) is 24.8 Å². The molecular formula is C40H31B2N5O2. The van der Waals surface area contributed by atoms with Crippen LogP contribution in [0.3, 0.4) is 0 Å². The fourth-order valence-corrected chi connectivity index (χ4v) is 6.35. The largest absolute Gasteiger partial charge is 0.439 e. The molecule has 0 saturated heterocycles. The molecule has 7 nitrogen and oxygen atoms in total. The normalized spacial score (nSPS) is 11.1. The SMILES string of the molecule is CB(c1cccc(Oc2ccccn2)c1)c1ccc2c3ccc(B(C)c4cccc(Oc5ccccn5)c4)cc3n(-c3ncccn3)c2c1. The summed E-state index contributed by atoms with van der Waals surface area (Å²) in [5.74, 6) is 3.28. The molecule has 0 fully saturated rings. The number of ether oxygens (including phenoxy) is 2. The molecule has 49 heavy (non-hydrogen) atoms. The maximum absolute atomic E-state index is 6.05. The van der Waals surface area contributed by atoms with Crippen molar-refractivity contribution in [2.75, 3.05) is 0 Å². The van der Waals surface area contributed by atoms with Gasteiger partial charge in [-0.25, -0.2) is 19.9 Å². The van der Waals surface area contributed by atoms with Crippen molar-refractivity contribution >= 4 is 57.1 Å². The average Bonchev–Trinajstić information content (AvgIpc) is 3.48. The van der Waals surface area contributed by atoms with Crippen molar-refractivity contribution in [3.05, 3.63) is 152 Å². The summed E-state index contributed by atoms with van der Waals surface area (Å²) in [7, 11) is 0. The Balaban J connectivity index is 1.17. The number of benzene rings is 4. The van der Waals surface area contributed by atoms with Gasteiger partial charge in [0.2, 0.25) is 31.1 Å². The van der Waals surface area contributed by atoms with Crippen LogP contribution in [0.1, 0.15) is 0 Å². The van der Waals surface area contributed by atoms with Crippen LogP contribution in [-0.2, 0) is 0 Å². The second kappa shape index (κ2) is 13.1. The van der Waals surface area contributed by atoms with Crippen LogP contribution >= 0.6 is 0 Å². The average molecular weight is 635 g/mol. The van der Waals surface area contributed by atoms with Crippen LogP contribution in [0.5, 0.6) is 23.3 Å². The molecule has 0 unspecified atom stereocenters. The molecule has 9 heteroatoms. The summed E-state index contributed by atoms with van der Waals surface area (Å²) in [6, 6.07) is 43.0. The van der Waals surface area contributed by atoms with Gasteiger partial charge in [0.15, 0.2) is 0 Å². The lowest BCUT2D eigenvalue weighted by molar-refractivity contribution is 0.463. The van der Waals surface area contributed by atoms with Crippen LogP contribution < -0.4 is 31.3 Å². The minimum atomic E-state index is 0.107. The second-order valence-electron chi connectivity index (χ2n) is 12.1. The van der Waals surface area contributed by atoms with Gasteiger partial charge in [0, 0.05) is 47.7 Å². The van der Waals surface area contributed by atoms with Crippen molar-refractivity contribution in [2.24, 2.45) is 0 Å². The topological polar surface area (TPSA) is 75.0 Å². The Morgan fingerprint density at radius 3 is 1.39 bits per heavy atom. The number of pyridine rings is 2. The van der Waals surface area contributed by atoms with E-state index in [1.807, 2.05) is 66.7 Å². The van der Waals surface area contributed by atoms with Crippen LogP contribution in [0.4, 0.5) is 0 Å². The van der Waals surface area contributed by atoms with Crippen molar-refractivity contribution in [1.29, 1.82) is 0 Å². The summed E-state index contributed by atoms with van der Waals surface area (Å²) < 4.78 is 14.3. The number of rotatable bonds is 9. The maximum atomic E-state index is 6.05. The molecule has 0 N–H and O–H groups in total. The standard InChI is InChI=1S/C40H31B2N5O2/c1-41(28-10-7-12-32(24-28)48-38-14-3-5-20-43-38)30-16-18-34-35-19-17-31(27-37(35)47(36(34)26-30)40-45-22-9-23-46-40)42(2)29-11-8-13-33(25-29)49-39-15-4-6-21-44-39/h3-27H,1-2H3. The van der Waals surface area contributed by atoms with Crippen molar-refractivity contribution < 1.29 is 9.47 Å². The van der Waals surface area contributed by atoms with Crippen molar-refractivity contribution in [2.45, 2.75) is 13.6 Å². The number of fused-ring (bicyclic) bond motifs is 3. The molecule has 0 atom stereocenters. The third-order valence-electron chi connectivity index (χ3n) is 9.00. The molecule has 0 aliphatic heterocycles. The van der Waals surface area contributed by atoms with Gasteiger partial charge in [0.05, 0.1) is 11.0 Å². The summed E-state index contributed by atoms with van der Waals surface area (Å²) in [5, 5.41) is 2.30. The van der Waals surface area contributed by atoms with E-state index in [2.05, 4.69) is 88.8 Å². The Morgan fingerprint density at radius 1 is 0.449 bits per heavy atom. The summed E-state index contributed by atoms with van der Waals surface area (Å²) in [4.78, 5) is 18.0. The summed E-state index contributed by atoms with van der Waals surface area (Å²) in [5.41, 5.74) is 6.78. The zero-order valence-corrected chi connectivity index (χ0v) is 27.1. The lowest BCUT2D eigenvalue weighted by Gasteiger charge is -2.13. The van der Waals surface area contributed by atoms with E-state index >= 15 is 0 Å². The zero-order valence-electron chi connectivity index (χ0n) is 27.1. The van der Waals surface area contributed by atoms with Crippen molar-refractivity contribution in [3.63, 3.8) is 0 Å². The Bertz CT molecular complexity index is 2240. The molecule has 0 amide bonds. The fraction of sp³-hybridized carbons (Fsp3) is 0.0500. The van der Waals surface area contributed by atoms with Crippen LogP contribution in [0.25, 0.3) is 27.8 Å². The molecule has 8 aromatic rings. The Labute approximate surface area is 285 Å². The second-order valence-corrected chi connectivity index (χ2v) is 12.1. The highest BCUT2D eigenvalue weighted by molar-refractivity contribution is 6.84. The van der Waals surface area contributed by atoms with Gasteiger partial charge in [-0.05, 0) is 54.6 Å². The molecule has 4 aromatic carbocycles. The quantitative estimate of drug-likeness (QED) is 0.171. The minimum absolute atomic E-state index is 0.107. The number of nitrogens with zero attached hydrogens (tertiary/aromatic N) is 5. The van der Waals surface area contributed by atoms with E-state index in [4.69, 9.17) is 19.4 Å². The lowest BCUT2D eigenvalue weighted by atomic mass is 9.42. The van der Waals surface area contributed by atoms with Crippen LogP contribution in [0.2, 0.25) is 13.6 Å². The van der Waals surface area contributed by atoms with Crippen LogP contribution in [-0.4, -0.2) is 37.9 Å². The molecule has 0 radical (unpaired) electrons. The van der Waals surface area contributed by atoms with Crippen LogP contribution in [0.15, 0.2) is 152 Å². The third-order valence-corrected chi connectivity index (χ3v) is 9.00. The molecule has 0 bridgehead atoms. The highest BCUT2D eigenvalue weighted by Gasteiger charge is 2.21. The summed E-state index contributed by atoms with van der Waals surface area (Å²) in [6.45, 7) is 4.66. The minimum Gasteiger partial charge on any atom is -0.439 e. The highest BCUT2D eigenvalue weighted by atomic mass is 16.5. The van der Waals surface area contributed by atoms with E-state index in [1.165, 1.54) is 10.9 Å². The third kappa shape index (κ3) is 6.14. The van der Waals surface area contributed by atoms with Gasteiger partial charge >= 0.3 is 0 Å². The van der Waals surface area contributed by atoms with Gasteiger partial charge in [-0.1, -0.05) is 96.2 Å². The highest BCUT2D eigenvalue weighted by Crippen LogP contribution is 2.30. The molecule has 234 valence electrons. The first-order chi connectivity index (χ1) is 24.1. The molecule has 0 aliphatic rings. The zero-order chi connectivity index (χ0) is 33.2. The number of aromatic nitrogens is 5. The monoisotopic (exact) mass is 635 g/mol. The molecule has 8 rings (SSSR count). The molecule has 0 aliphatic carbocycles. The molecular weight excluding hydrogens is 604 g/mol. The predicted molar refractivity (Wildman–Crippen MR) is 200 cm³/mol. The maximum Gasteiger partial charge on any atom is 0.234 e. The van der Waals surface area contributed by atoms with E-state index in [0.29, 0.717) is 17.7 Å². The van der Waals surface area contributed by atoms with Gasteiger partial charge in [-0.3, -0.25) is 4.57 Å². The number of hydrogen-bond acceptors (Lipinski definition) is 6. The van der Waals surface area contributed by atoms with Gasteiger partial charge in [0.1, 0.15) is 11.5 Å². The van der Waals surface area contributed by atoms with Gasteiger partial charge in [0.25, 0.3) is 0 Å². The van der Waals surface area contributed by atoms with Crippen molar-refractivity contribution in [3.8, 4) is 29.2 Å². The first kappa shape index (κ1) is 30.1. The van der Waals surface area contributed by atoms with Crippen LogP contribution in [0, 0.1) is 0 Å². The Hall–Kier alpha value is -6.21. The molecule has 0 spiro atoms.